The van der Waals surface area contributed by atoms with E-state index in [-0.39, 0.29) is 9.36 Å². The number of benzene rings is 1. The Morgan fingerprint density at radius 2 is 1.94 bits per heavy atom. The first-order valence-electron chi connectivity index (χ1n) is 5.32. The minimum absolute atomic E-state index is 0.0190. The van der Waals surface area contributed by atoms with Gasteiger partial charge in [-0.2, -0.15) is 4.98 Å². The molecule has 0 bridgehead atoms. The Morgan fingerprint density at radius 3 is 2.50 bits per heavy atom. The van der Waals surface area contributed by atoms with Gasteiger partial charge in [-0.3, -0.25) is 4.79 Å². The van der Waals surface area contributed by atoms with Crippen molar-refractivity contribution in [3.63, 3.8) is 0 Å². The number of halogens is 2. The Morgan fingerprint density at radius 1 is 1.28 bits per heavy atom. The molecular weight excluding hydrogens is 291 g/mol. The molecule has 94 valence electrons. The molecule has 0 aliphatic carbocycles. The van der Waals surface area contributed by atoms with Crippen LogP contribution < -0.4 is 10.5 Å². The molecule has 3 nitrogen and oxygen atoms in total. The van der Waals surface area contributed by atoms with E-state index in [4.69, 9.17) is 23.2 Å². The predicted octanol–water partition coefficient (Wildman–Crippen LogP) is 3.97. The lowest BCUT2D eigenvalue weighted by Gasteiger charge is -2.20. The van der Waals surface area contributed by atoms with Crippen molar-refractivity contribution < 1.29 is 0 Å². The second-order valence-corrected chi connectivity index (χ2v) is 5.43. The zero-order valence-corrected chi connectivity index (χ0v) is 11.9. The van der Waals surface area contributed by atoms with E-state index >= 15 is 0 Å². The molecule has 0 fully saturated rings. The van der Waals surface area contributed by atoms with E-state index in [0.29, 0.717) is 11.7 Å². The van der Waals surface area contributed by atoms with Gasteiger partial charge in [-0.05, 0) is 19.1 Å². The van der Waals surface area contributed by atoms with Crippen LogP contribution in [-0.2, 0) is 0 Å². The molecule has 0 unspecified atom stereocenters. The van der Waals surface area contributed by atoms with Crippen molar-refractivity contribution in [2.45, 2.75) is 6.92 Å². The Kier molecular flexibility index (Phi) is 4.22. The van der Waals surface area contributed by atoms with Gasteiger partial charge in [-0.15, -0.1) is 0 Å². The van der Waals surface area contributed by atoms with Crippen molar-refractivity contribution in [3.8, 4) is 0 Å². The molecule has 18 heavy (non-hydrogen) atoms. The van der Waals surface area contributed by atoms with Gasteiger partial charge in [0, 0.05) is 12.2 Å². The van der Waals surface area contributed by atoms with Crippen LogP contribution in [0.4, 0.5) is 10.8 Å². The largest absolute Gasteiger partial charge is 0.318 e. The van der Waals surface area contributed by atoms with E-state index in [9.17, 15) is 4.79 Å². The molecule has 0 aliphatic rings. The monoisotopic (exact) mass is 300 g/mol. The van der Waals surface area contributed by atoms with Crippen LogP contribution in [0.25, 0.3) is 0 Å². The van der Waals surface area contributed by atoms with Crippen LogP contribution in [-0.4, -0.2) is 11.5 Å². The summed E-state index contributed by atoms with van der Waals surface area (Å²) in [5.41, 5.74) is 0.464. The quantitative estimate of drug-likeness (QED) is 0.860. The van der Waals surface area contributed by atoms with Gasteiger partial charge in [-0.25, -0.2) is 0 Å². The maximum absolute atomic E-state index is 11.6. The molecule has 6 heteroatoms. The lowest BCUT2D eigenvalue weighted by Crippen LogP contribution is -2.19. The Bertz CT molecular complexity index is 601. The highest BCUT2D eigenvalue weighted by molar-refractivity contribution is 7.19. The van der Waals surface area contributed by atoms with Crippen LogP contribution in [0.1, 0.15) is 6.92 Å². The van der Waals surface area contributed by atoms with E-state index in [1.807, 2.05) is 42.2 Å². The average Bonchev–Trinajstić information content (AvgIpc) is 2.38. The fraction of sp³-hybridized carbons (Fsp3) is 0.167. The molecule has 1 aromatic heterocycles. The van der Waals surface area contributed by atoms with E-state index < -0.39 is 5.56 Å². The number of anilines is 2. The molecule has 1 aromatic carbocycles. The van der Waals surface area contributed by atoms with Gasteiger partial charge in [0.25, 0.3) is 5.56 Å². The normalized spacial score (nSPS) is 10.4. The summed E-state index contributed by atoms with van der Waals surface area (Å²) in [5.74, 6) is 0. The van der Waals surface area contributed by atoms with Crippen molar-refractivity contribution >= 4 is 45.4 Å². The van der Waals surface area contributed by atoms with Crippen molar-refractivity contribution in [3.05, 3.63) is 50.0 Å². The summed E-state index contributed by atoms with van der Waals surface area (Å²) < 4.78 is 0.265. The summed E-state index contributed by atoms with van der Waals surface area (Å²) in [7, 11) is 0. The minimum atomic E-state index is -0.496. The minimum Gasteiger partial charge on any atom is -0.318 e. The molecule has 2 rings (SSSR count). The number of para-hydroxylation sites is 1. The van der Waals surface area contributed by atoms with Gasteiger partial charge in [0.15, 0.2) is 5.13 Å². The van der Waals surface area contributed by atoms with Crippen molar-refractivity contribution in [2.75, 3.05) is 11.4 Å². The van der Waals surface area contributed by atoms with Gasteiger partial charge < -0.3 is 4.90 Å². The molecule has 0 N–H and O–H groups in total. The summed E-state index contributed by atoms with van der Waals surface area (Å²) in [6.45, 7) is 2.67. The molecule has 0 saturated heterocycles. The molecule has 0 saturated carbocycles. The Labute approximate surface area is 119 Å². The van der Waals surface area contributed by atoms with E-state index in [1.54, 1.807) is 0 Å². The van der Waals surface area contributed by atoms with Gasteiger partial charge in [0.05, 0.1) is 0 Å². The maximum atomic E-state index is 11.6. The van der Waals surface area contributed by atoms with Gasteiger partial charge in [-0.1, -0.05) is 52.7 Å². The van der Waals surface area contributed by atoms with Crippen LogP contribution in [0.3, 0.4) is 0 Å². The molecular formula is C12H10Cl2N2OS. The highest BCUT2D eigenvalue weighted by atomic mass is 35.5. The van der Waals surface area contributed by atoms with Crippen molar-refractivity contribution in [1.29, 1.82) is 0 Å². The molecule has 0 atom stereocenters. The second kappa shape index (κ2) is 5.69. The standard InChI is InChI=1S/C12H10Cl2N2OS/c1-2-16(8-6-4-3-5-7-8)12-15-11(17)9(13)10(14)18-12/h3-7H,2H2,1H3. The van der Waals surface area contributed by atoms with E-state index in [1.165, 1.54) is 11.3 Å². The number of aromatic nitrogens is 1. The van der Waals surface area contributed by atoms with Gasteiger partial charge in [0.2, 0.25) is 0 Å². The number of rotatable bonds is 3. The highest BCUT2D eigenvalue weighted by Crippen LogP contribution is 2.32. The zero-order chi connectivity index (χ0) is 13.1. The third kappa shape index (κ3) is 2.66. The van der Waals surface area contributed by atoms with Crippen LogP contribution in [0.5, 0.6) is 0 Å². The van der Waals surface area contributed by atoms with E-state index in [2.05, 4.69) is 4.98 Å². The molecule has 0 aliphatic heterocycles. The zero-order valence-electron chi connectivity index (χ0n) is 9.56. The van der Waals surface area contributed by atoms with Gasteiger partial charge in [0.1, 0.15) is 9.36 Å². The van der Waals surface area contributed by atoms with Crippen LogP contribution in [0.2, 0.25) is 9.36 Å². The Balaban J connectivity index is 2.49. The van der Waals surface area contributed by atoms with Gasteiger partial charge >= 0.3 is 0 Å². The predicted molar refractivity (Wildman–Crippen MR) is 77.5 cm³/mol. The first-order chi connectivity index (χ1) is 8.63. The van der Waals surface area contributed by atoms with Crippen molar-refractivity contribution in [1.82, 2.24) is 4.98 Å². The summed E-state index contributed by atoms with van der Waals surface area (Å²) >= 11 is 12.8. The van der Waals surface area contributed by atoms with Crippen LogP contribution in [0, 0.1) is 0 Å². The Hall–Kier alpha value is -1.10. The highest BCUT2D eigenvalue weighted by Gasteiger charge is 2.14. The number of hydrogen-bond donors (Lipinski definition) is 0. The SMILES string of the molecule is CCN(c1ccccc1)c1nc(=O)c(Cl)c(Cl)s1. The third-order valence-corrected chi connectivity index (χ3v) is 4.21. The molecule has 1 heterocycles. The summed E-state index contributed by atoms with van der Waals surface area (Å²) in [6, 6.07) is 9.69. The smallest absolute Gasteiger partial charge is 0.293 e. The lowest BCUT2D eigenvalue weighted by molar-refractivity contribution is 1.00. The van der Waals surface area contributed by atoms with E-state index in [0.717, 1.165) is 5.69 Å². The summed E-state index contributed by atoms with van der Waals surface area (Å²) in [6.07, 6.45) is 0. The van der Waals surface area contributed by atoms with Crippen LogP contribution >= 0.6 is 34.5 Å². The second-order valence-electron chi connectivity index (χ2n) is 3.47. The van der Waals surface area contributed by atoms with Crippen molar-refractivity contribution in [2.24, 2.45) is 0 Å². The molecule has 0 amide bonds. The molecule has 0 spiro atoms. The fourth-order valence-corrected chi connectivity index (χ4v) is 2.78. The number of hydrogen-bond acceptors (Lipinski definition) is 4. The lowest BCUT2D eigenvalue weighted by atomic mass is 10.3. The van der Waals surface area contributed by atoms with Crippen LogP contribution in [0.15, 0.2) is 35.1 Å². The topological polar surface area (TPSA) is 33.2 Å². The fourth-order valence-electron chi connectivity index (χ4n) is 1.52. The number of nitrogens with zero attached hydrogens (tertiary/aromatic N) is 2. The maximum Gasteiger partial charge on any atom is 0.293 e. The first-order valence-corrected chi connectivity index (χ1v) is 6.89. The first kappa shape index (κ1) is 13.3. The summed E-state index contributed by atoms with van der Waals surface area (Å²) in [5, 5.41) is 0.526. The third-order valence-electron chi connectivity index (χ3n) is 2.35. The molecule has 0 radical (unpaired) electrons. The average molecular weight is 301 g/mol. The summed E-state index contributed by atoms with van der Waals surface area (Å²) in [4.78, 5) is 17.4. The molecule has 2 aromatic rings.